The van der Waals surface area contributed by atoms with E-state index in [0.29, 0.717) is 52.6 Å². The van der Waals surface area contributed by atoms with Gasteiger partial charge in [0.25, 0.3) is 5.91 Å². The maximum absolute atomic E-state index is 12.8. The van der Waals surface area contributed by atoms with Crippen molar-refractivity contribution in [2.24, 2.45) is 5.73 Å². The lowest BCUT2D eigenvalue weighted by molar-refractivity contribution is -0.119. The second-order valence-electron chi connectivity index (χ2n) is 5.75. The predicted octanol–water partition coefficient (Wildman–Crippen LogP) is 2.10. The Balaban J connectivity index is 1.73. The molecule has 0 saturated heterocycles. The Morgan fingerprint density at radius 1 is 1.08 bits per heavy atom. The zero-order valence-electron chi connectivity index (χ0n) is 13.7. The molecule has 1 amide bonds. The number of nitrogens with two attached hydrogens (primary N) is 1. The minimum Gasteiger partial charge on any atom is -0.486 e. The molecule has 3 aromatic rings. The quantitative estimate of drug-likeness (QED) is 0.771. The molecule has 0 bridgehead atoms. The predicted molar refractivity (Wildman–Crippen MR) is 93.6 cm³/mol. The van der Waals surface area contributed by atoms with Crippen molar-refractivity contribution in [3.63, 3.8) is 0 Å². The summed E-state index contributed by atoms with van der Waals surface area (Å²) in [6.07, 6.45) is 1.40. The minimum absolute atomic E-state index is 0.177. The van der Waals surface area contributed by atoms with Gasteiger partial charge in [-0.1, -0.05) is 6.07 Å². The lowest BCUT2D eigenvalue weighted by atomic mass is 10.0. The van der Waals surface area contributed by atoms with Gasteiger partial charge in [-0.05, 0) is 29.8 Å². The first-order valence-corrected chi connectivity index (χ1v) is 7.98. The summed E-state index contributed by atoms with van der Waals surface area (Å²) >= 11 is 0. The number of carbonyl (C=O) groups is 1. The highest BCUT2D eigenvalue weighted by Gasteiger charge is 2.15. The Kier molecular flexibility index (Phi) is 3.96. The molecular weight excluding hydrogens is 338 g/mol. The van der Waals surface area contributed by atoms with Gasteiger partial charge >= 0.3 is 0 Å². The molecule has 4 rings (SSSR count). The van der Waals surface area contributed by atoms with Crippen LogP contribution in [-0.2, 0) is 4.79 Å². The molecule has 1 aliphatic heterocycles. The van der Waals surface area contributed by atoms with Gasteiger partial charge in [0.15, 0.2) is 23.5 Å². The van der Waals surface area contributed by atoms with E-state index in [1.807, 2.05) is 0 Å². The number of ether oxygens (including phenoxy) is 3. The Bertz CT molecular complexity index is 1060. The van der Waals surface area contributed by atoms with Gasteiger partial charge < -0.3 is 24.4 Å². The summed E-state index contributed by atoms with van der Waals surface area (Å²) in [6.45, 7) is 0.729. The molecule has 0 aliphatic carbocycles. The summed E-state index contributed by atoms with van der Waals surface area (Å²) in [4.78, 5) is 23.6. The van der Waals surface area contributed by atoms with Crippen LogP contribution in [0.4, 0.5) is 0 Å². The number of amides is 1. The maximum Gasteiger partial charge on any atom is 0.255 e. The van der Waals surface area contributed by atoms with Crippen LogP contribution in [0, 0.1) is 0 Å². The van der Waals surface area contributed by atoms with E-state index in [2.05, 4.69) is 0 Å². The molecule has 0 atom stereocenters. The van der Waals surface area contributed by atoms with Gasteiger partial charge in [-0.3, -0.25) is 9.59 Å². The van der Waals surface area contributed by atoms with E-state index in [9.17, 15) is 9.59 Å². The van der Waals surface area contributed by atoms with Crippen LogP contribution in [0.5, 0.6) is 17.2 Å². The van der Waals surface area contributed by atoms with Crippen molar-refractivity contribution in [1.29, 1.82) is 0 Å². The average molecular weight is 353 g/mol. The van der Waals surface area contributed by atoms with Crippen LogP contribution in [0.15, 0.2) is 51.9 Å². The molecule has 1 aromatic heterocycles. The van der Waals surface area contributed by atoms with Crippen molar-refractivity contribution in [1.82, 2.24) is 0 Å². The largest absolute Gasteiger partial charge is 0.486 e. The number of primary amides is 1. The SMILES string of the molecule is NC(=O)COc1ccc2c(=O)c(-c3ccc4c(c3)OCCO4)coc2c1. The van der Waals surface area contributed by atoms with Crippen LogP contribution in [0.1, 0.15) is 0 Å². The molecule has 1 aliphatic rings. The topological polar surface area (TPSA) is 101 Å². The summed E-state index contributed by atoms with van der Waals surface area (Å²) in [5.74, 6) is 1.07. The van der Waals surface area contributed by atoms with E-state index in [-0.39, 0.29) is 12.0 Å². The number of hydrogen-bond donors (Lipinski definition) is 1. The van der Waals surface area contributed by atoms with E-state index < -0.39 is 5.91 Å². The van der Waals surface area contributed by atoms with Gasteiger partial charge in [-0.2, -0.15) is 0 Å². The number of rotatable bonds is 4. The summed E-state index contributed by atoms with van der Waals surface area (Å²) in [5, 5.41) is 0.406. The Labute approximate surface area is 147 Å². The fraction of sp³-hybridized carbons (Fsp3) is 0.158. The molecule has 0 radical (unpaired) electrons. The van der Waals surface area contributed by atoms with Gasteiger partial charge in [0, 0.05) is 6.07 Å². The van der Waals surface area contributed by atoms with Crippen molar-refractivity contribution < 1.29 is 23.4 Å². The molecule has 0 unspecified atom stereocenters. The Morgan fingerprint density at radius 2 is 1.88 bits per heavy atom. The first-order chi connectivity index (χ1) is 12.6. The minimum atomic E-state index is -0.583. The van der Waals surface area contributed by atoms with Crippen molar-refractivity contribution >= 4 is 16.9 Å². The molecule has 2 heterocycles. The fourth-order valence-corrected chi connectivity index (χ4v) is 2.76. The molecule has 132 valence electrons. The lowest BCUT2D eigenvalue weighted by Gasteiger charge is -2.18. The highest BCUT2D eigenvalue weighted by Crippen LogP contribution is 2.34. The number of fused-ring (bicyclic) bond motifs is 2. The van der Waals surface area contributed by atoms with Gasteiger partial charge in [0.2, 0.25) is 0 Å². The van der Waals surface area contributed by atoms with Crippen LogP contribution in [0.25, 0.3) is 22.1 Å². The molecule has 0 spiro atoms. The highest BCUT2D eigenvalue weighted by atomic mass is 16.6. The van der Waals surface area contributed by atoms with Gasteiger partial charge in [0.05, 0.1) is 10.9 Å². The first-order valence-electron chi connectivity index (χ1n) is 7.98. The third kappa shape index (κ3) is 2.95. The standard InChI is InChI=1S/C19H15NO6/c20-18(21)10-25-12-2-3-13-16(8-12)26-9-14(19(13)22)11-1-4-15-17(7-11)24-6-5-23-15/h1-4,7-9H,5-6,10H2,(H2,20,21). The highest BCUT2D eigenvalue weighted by molar-refractivity contribution is 5.83. The van der Waals surface area contributed by atoms with Crippen molar-refractivity contribution in [2.75, 3.05) is 19.8 Å². The number of benzene rings is 2. The molecule has 2 aromatic carbocycles. The normalized spacial score (nSPS) is 12.8. The zero-order chi connectivity index (χ0) is 18.1. The summed E-state index contributed by atoms with van der Waals surface area (Å²) in [5.41, 5.74) is 6.33. The molecule has 7 heteroatoms. The van der Waals surface area contributed by atoms with Gasteiger partial charge in [-0.25, -0.2) is 0 Å². The Morgan fingerprint density at radius 3 is 2.69 bits per heavy atom. The zero-order valence-corrected chi connectivity index (χ0v) is 13.7. The fourth-order valence-electron chi connectivity index (χ4n) is 2.76. The van der Waals surface area contributed by atoms with E-state index in [0.717, 1.165) is 0 Å². The maximum atomic E-state index is 12.8. The molecule has 7 nitrogen and oxygen atoms in total. The summed E-state index contributed by atoms with van der Waals surface area (Å²) < 4.78 is 21.9. The smallest absolute Gasteiger partial charge is 0.255 e. The summed E-state index contributed by atoms with van der Waals surface area (Å²) in [7, 11) is 0. The molecular formula is C19H15NO6. The molecule has 0 saturated carbocycles. The van der Waals surface area contributed by atoms with Crippen LogP contribution >= 0.6 is 0 Å². The van der Waals surface area contributed by atoms with Crippen LogP contribution < -0.4 is 25.4 Å². The van der Waals surface area contributed by atoms with Gasteiger partial charge in [-0.15, -0.1) is 0 Å². The monoisotopic (exact) mass is 353 g/mol. The number of hydrogen-bond acceptors (Lipinski definition) is 6. The molecule has 26 heavy (non-hydrogen) atoms. The van der Waals surface area contributed by atoms with Gasteiger partial charge in [0.1, 0.15) is 30.8 Å². The number of carbonyl (C=O) groups excluding carboxylic acids is 1. The lowest BCUT2D eigenvalue weighted by Crippen LogP contribution is -2.20. The van der Waals surface area contributed by atoms with E-state index in [1.165, 1.54) is 6.26 Å². The first kappa shape index (κ1) is 16.0. The Hall–Kier alpha value is -3.48. The van der Waals surface area contributed by atoms with Crippen molar-refractivity contribution in [3.05, 3.63) is 52.9 Å². The van der Waals surface area contributed by atoms with E-state index in [4.69, 9.17) is 24.4 Å². The van der Waals surface area contributed by atoms with E-state index in [1.54, 1.807) is 36.4 Å². The van der Waals surface area contributed by atoms with Crippen molar-refractivity contribution in [2.45, 2.75) is 0 Å². The second-order valence-corrected chi connectivity index (χ2v) is 5.75. The van der Waals surface area contributed by atoms with Crippen LogP contribution in [0.2, 0.25) is 0 Å². The third-order valence-electron chi connectivity index (χ3n) is 3.98. The van der Waals surface area contributed by atoms with E-state index >= 15 is 0 Å². The third-order valence-corrected chi connectivity index (χ3v) is 3.98. The van der Waals surface area contributed by atoms with Crippen LogP contribution in [0.3, 0.4) is 0 Å². The molecule has 0 fully saturated rings. The van der Waals surface area contributed by atoms with Crippen molar-refractivity contribution in [3.8, 4) is 28.4 Å². The van der Waals surface area contributed by atoms with Crippen LogP contribution in [-0.4, -0.2) is 25.7 Å². The average Bonchev–Trinajstić information content (AvgIpc) is 2.66. The summed E-state index contributed by atoms with van der Waals surface area (Å²) in [6, 6.07) is 10.1. The molecule has 2 N–H and O–H groups in total. The second kappa shape index (κ2) is 6.44.